The molecule has 2 heterocycles. The zero-order valence-electron chi connectivity index (χ0n) is 16.9. The van der Waals surface area contributed by atoms with Gasteiger partial charge in [-0.05, 0) is 31.4 Å². The Morgan fingerprint density at radius 1 is 1.10 bits per heavy atom. The Balaban J connectivity index is 1.52. The molecule has 4 rings (SSSR count). The second kappa shape index (κ2) is 8.10. The molecule has 3 aromatic rings. The van der Waals surface area contributed by atoms with Gasteiger partial charge in [0, 0.05) is 25.5 Å². The molecule has 0 aliphatic carbocycles. The summed E-state index contributed by atoms with van der Waals surface area (Å²) in [5, 5.41) is 10.6. The van der Waals surface area contributed by atoms with Crippen molar-refractivity contribution in [2.75, 3.05) is 18.0 Å². The van der Waals surface area contributed by atoms with Crippen LogP contribution in [0.2, 0.25) is 0 Å². The monoisotopic (exact) mass is 387 g/mol. The van der Waals surface area contributed by atoms with Crippen molar-refractivity contribution in [2.24, 2.45) is 7.05 Å². The van der Waals surface area contributed by atoms with Crippen molar-refractivity contribution in [3.63, 3.8) is 0 Å². The number of pyridine rings is 1. The highest BCUT2D eigenvalue weighted by molar-refractivity contribution is 5.94. The first kappa shape index (κ1) is 19.2. The Morgan fingerprint density at radius 3 is 2.48 bits per heavy atom. The van der Waals surface area contributed by atoms with E-state index in [2.05, 4.69) is 42.2 Å². The quantitative estimate of drug-likeness (QED) is 0.681. The lowest BCUT2D eigenvalue weighted by Gasteiger charge is -2.34. The van der Waals surface area contributed by atoms with Crippen LogP contribution in [0.15, 0.2) is 53.3 Å². The Bertz CT molecular complexity index is 1120. The first-order chi connectivity index (χ1) is 14.1. The van der Waals surface area contributed by atoms with E-state index < -0.39 is 0 Å². The third-order valence-electron chi connectivity index (χ3n) is 5.75. The number of ether oxygens (including phenoxy) is 1. The highest BCUT2D eigenvalue weighted by atomic mass is 16.5. The maximum Gasteiger partial charge on any atom is 0.270 e. The number of fused-ring (bicyclic) bond motifs is 1. The Morgan fingerprint density at radius 2 is 1.79 bits per heavy atom. The van der Waals surface area contributed by atoms with Gasteiger partial charge in [-0.15, -0.1) is 0 Å². The molecule has 1 saturated heterocycles. The van der Waals surface area contributed by atoms with E-state index >= 15 is 0 Å². The minimum absolute atomic E-state index is 0.191. The maximum atomic E-state index is 12.7. The lowest BCUT2D eigenvalue weighted by atomic mass is 10.0. The van der Waals surface area contributed by atoms with Gasteiger partial charge in [0.2, 0.25) is 0 Å². The molecular formula is C24H25N3O2. The van der Waals surface area contributed by atoms with Crippen LogP contribution in [0.3, 0.4) is 0 Å². The normalized spacial score (nSPS) is 14.9. The van der Waals surface area contributed by atoms with E-state index in [0.29, 0.717) is 6.61 Å². The van der Waals surface area contributed by atoms with Gasteiger partial charge in [0.05, 0.1) is 23.9 Å². The summed E-state index contributed by atoms with van der Waals surface area (Å²) >= 11 is 0. The zero-order valence-corrected chi connectivity index (χ0v) is 16.9. The largest absolute Gasteiger partial charge is 0.373 e. The summed E-state index contributed by atoms with van der Waals surface area (Å²) in [6.07, 6.45) is 1.94. The molecule has 5 nitrogen and oxygen atoms in total. The van der Waals surface area contributed by atoms with Gasteiger partial charge in [-0.1, -0.05) is 48.0 Å². The predicted molar refractivity (Wildman–Crippen MR) is 115 cm³/mol. The van der Waals surface area contributed by atoms with Crippen molar-refractivity contribution < 1.29 is 4.74 Å². The van der Waals surface area contributed by atoms with Gasteiger partial charge in [-0.25, -0.2) is 0 Å². The third kappa shape index (κ3) is 3.76. The Labute approximate surface area is 170 Å². The number of hydrogen-bond acceptors (Lipinski definition) is 4. The lowest BCUT2D eigenvalue weighted by Crippen LogP contribution is -2.39. The molecule has 0 spiro atoms. The number of aromatic nitrogens is 1. The molecule has 1 aliphatic rings. The number of aryl methyl sites for hydroxylation is 2. The second-order valence-corrected chi connectivity index (χ2v) is 7.70. The first-order valence-corrected chi connectivity index (χ1v) is 10.0. The summed E-state index contributed by atoms with van der Waals surface area (Å²) in [6, 6.07) is 18.4. The Hall–Kier alpha value is -3.10. The van der Waals surface area contributed by atoms with Crippen LogP contribution in [-0.2, 0) is 18.4 Å². The van der Waals surface area contributed by atoms with Gasteiger partial charge >= 0.3 is 0 Å². The number of anilines is 1. The Kier molecular flexibility index (Phi) is 5.37. The number of nitriles is 1. The molecule has 0 atom stereocenters. The molecule has 148 valence electrons. The fraction of sp³-hybridized carbons (Fsp3) is 0.333. The van der Waals surface area contributed by atoms with Crippen molar-refractivity contribution in [2.45, 2.75) is 32.5 Å². The SMILES string of the molecule is Cc1ccc(COC2CCN(c3c(C#N)c(=O)n(C)c4ccccc34)CC2)cc1. The molecule has 29 heavy (non-hydrogen) atoms. The van der Waals surface area contributed by atoms with E-state index in [1.165, 1.54) is 11.1 Å². The predicted octanol–water partition coefficient (Wildman–Crippen LogP) is 3.90. The summed E-state index contributed by atoms with van der Waals surface area (Å²) in [6.45, 7) is 4.23. The van der Waals surface area contributed by atoms with Gasteiger partial charge in [-0.3, -0.25) is 4.79 Å². The van der Waals surface area contributed by atoms with Crippen LogP contribution >= 0.6 is 0 Å². The maximum absolute atomic E-state index is 12.7. The second-order valence-electron chi connectivity index (χ2n) is 7.70. The molecule has 0 saturated carbocycles. The van der Waals surface area contributed by atoms with E-state index in [4.69, 9.17) is 4.74 Å². The van der Waals surface area contributed by atoms with E-state index in [1.807, 2.05) is 24.3 Å². The highest BCUT2D eigenvalue weighted by Gasteiger charge is 2.25. The number of rotatable bonds is 4. The van der Waals surface area contributed by atoms with Crippen molar-refractivity contribution in [1.29, 1.82) is 5.26 Å². The fourth-order valence-electron chi connectivity index (χ4n) is 4.05. The summed E-state index contributed by atoms with van der Waals surface area (Å²) < 4.78 is 7.69. The first-order valence-electron chi connectivity index (χ1n) is 10.0. The number of benzene rings is 2. The molecule has 0 N–H and O–H groups in total. The molecule has 0 bridgehead atoms. The molecule has 1 aromatic heterocycles. The molecule has 0 unspecified atom stereocenters. The van der Waals surface area contributed by atoms with Crippen LogP contribution in [-0.4, -0.2) is 23.8 Å². The number of hydrogen-bond donors (Lipinski definition) is 0. The van der Waals surface area contributed by atoms with Crippen LogP contribution in [0.1, 0.15) is 29.5 Å². The summed E-state index contributed by atoms with van der Waals surface area (Å²) in [5.41, 5.74) is 4.04. The minimum Gasteiger partial charge on any atom is -0.373 e. The molecule has 0 radical (unpaired) electrons. The standard InChI is InChI=1S/C24H25N3O2/c1-17-7-9-18(10-8-17)16-29-19-11-13-27(14-12-19)23-20-5-3-4-6-22(20)26(2)24(28)21(23)15-25/h3-10,19H,11-14,16H2,1-2H3. The van der Waals surface area contributed by atoms with Crippen molar-refractivity contribution in [3.05, 3.63) is 75.6 Å². The van der Waals surface area contributed by atoms with E-state index in [9.17, 15) is 10.1 Å². The van der Waals surface area contributed by atoms with Gasteiger partial charge in [0.15, 0.2) is 0 Å². The van der Waals surface area contributed by atoms with E-state index in [-0.39, 0.29) is 17.2 Å². The molecule has 0 amide bonds. The lowest BCUT2D eigenvalue weighted by molar-refractivity contribution is 0.0251. The number of piperidine rings is 1. The highest BCUT2D eigenvalue weighted by Crippen LogP contribution is 2.31. The average molecular weight is 387 g/mol. The van der Waals surface area contributed by atoms with Crippen molar-refractivity contribution in [3.8, 4) is 6.07 Å². The molecule has 2 aromatic carbocycles. The number of nitrogens with zero attached hydrogens (tertiary/aromatic N) is 3. The van der Waals surface area contributed by atoms with E-state index in [1.54, 1.807) is 11.6 Å². The van der Waals surface area contributed by atoms with Gasteiger partial charge in [0.25, 0.3) is 5.56 Å². The van der Waals surface area contributed by atoms with Crippen LogP contribution in [0, 0.1) is 18.3 Å². The van der Waals surface area contributed by atoms with Crippen LogP contribution in [0.25, 0.3) is 10.9 Å². The molecular weight excluding hydrogens is 362 g/mol. The van der Waals surface area contributed by atoms with Crippen molar-refractivity contribution in [1.82, 2.24) is 4.57 Å². The molecule has 5 heteroatoms. The molecule has 1 aliphatic heterocycles. The summed E-state index contributed by atoms with van der Waals surface area (Å²) in [4.78, 5) is 14.9. The van der Waals surface area contributed by atoms with Gasteiger partial charge < -0.3 is 14.2 Å². The topological polar surface area (TPSA) is 58.3 Å². The van der Waals surface area contributed by atoms with Crippen LogP contribution in [0.4, 0.5) is 5.69 Å². The summed E-state index contributed by atoms with van der Waals surface area (Å²) in [7, 11) is 1.72. The zero-order chi connectivity index (χ0) is 20.4. The fourth-order valence-corrected chi connectivity index (χ4v) is 4.05. The minimum atomic E-state index is -0.237. The smallest absolute Gasteiger partial charge is 0.270 e. The third-order valence-corrected chi connectivity index (χ3v) is 5.75. The van der Waals surface area contributed by atoms with E-state index in [0.717, 1.165) is 42.5 Å². The van der Waals surface area contributed by atoms with Crippen LogP contribution in [0.5, 0.6) is 0 Å². The average Bonchev–Trinajstić information content (AvgIpc) is 2.76. The van der Waals surface area contributed by atoms with Gasteiger partial charge in [-0.2, -0.15) is 5.26 Å². The van der Waals surface area contributed by atoms with Gasteiger partial charge in [0.1, 0.15) is 11.6 Å². The number of para-hydroxylation sites is 1. The van der Waals surface area contributed by atoms with Crippen LogP contribution < -0.4 is 10.5 Å². The molecule has 1 fully saturated rings. The van der Waals surface area contributed by atoms with Crippen molar-refractivity contribution >= 4 is 16.6 Å². The summed E-state index contributed by atoms with van der Waals surface area (Å²) in [5.74, 6) is 0.